The van der Waals surface area contributed by atoms with Crippen molar-refractivity contribution in [3.63, 3.8) is 0 Å². The molecule has 1 aliphatic heterocycles. The maximum Gasteiger partial charge on any atom is 0.329 e. The topological polar surface area (TPSA) is 55.8 Å². The highest BCUT2D eigenvalue weighted by Gasteiger charge is 2.42. The lowest BCUT2D eigenvalue weighted by molar-refractivity contribution is -0.156. The highest BCUT2D eigenvalue weighted by molar-refractivity contribution is 8.00. The predicted octanol–water partition coefficient (Wildman–Crippen LogP) is 3.86. The fourth-order valence-electron chi connectivity index (χ4n) is 2.98. The molecule has 5 nitrogen and oxygen atoms in total. The van der Waals surface area contributed by atoms with Crippen molar-refractivity contribution in [1.82, 2.24) is 4.90 Å². The van der Waals surface area contributed by atoms with Crippen LogP contribution in [0, 0.1) is 5.92 Å². The van der Waals surface area contributed by atoms with Crippen LogP contribution in [-0.4, -0.2) is 47.2 Å². The number of esters is 1. The quantitative estimate of drug-likeness (QED) is 0.446. The van der Waals surface area contributed by atoms with E-state index in [9.17, 15) is 9.59 Å². The van der Waals surface area contributed by atoms with Crippen LogP contribution in [0.25, 0.3) is 0 Å². The minimum absolute atomic E-state index is 0.00144. The summed E-state index contributed by atoms with van der Waals surface area (Å²) in [6, 6.07) is 9.25. The Labute approximate surface area is 166 Å². The molecule has 1 aromatic carbocycles. The molecular weight excluding hydrogens is 362 g/mol. The van der Waals surface area contributed by atoms with Crippen LogP contribution < -0.4 is 0 Å². The average molecular weight is 394 g/mol. The summed E-state index contributed by atoms with van der Waals surface area (Å²) in [4.78, 5) is 27.0. The molecule has 1 aliphatic rings. The van der Waals surface area contributed by atoms with E-state index in [-0.39, 0.29) is 23.9 Å². The van der Waals surface area contributed by atoms with Gasteiger partial charge in [0, 0.05) is 5.75 Å². The molecule has 1 amide bonds. The molecule has 0 saturated carbocycles. The normalized spacial score (nSPS) is 19.5. The van der Waals surface area contributed by atoms with Gasteiger partial charge in [0.05, 0.1) is 18.6 Å². The Bertz CT molecular complexity index is 593. The molecule has 1 saturated heterocycles. The molecule has 27 heavy (non-hydrogen) atoms. The summed E-state index contributed by atoms with van der Waals surface area (Å²) < 4.78 is 11.0. The van der Waals surface area contributed by atoms with E-state index in [0.29, 0.717) is 24.9 Å². The molecule has 2 rings (SSSR count). The standard InChI is InChI=1S/C21H31NO4S/c1-4-5-11-26-21(24)18-15-27-20(12-16(2)3)22(18)19(23)14-25-13-17-9-7-6-8-10-17/h6-10,16,18,20H,4-5,11-15H2,1-3H3. The fourth-order valence-corrected chi connectivity index (χ4v) is 4.63. The molecule has 0 aliphatic carbocycles. The molecule has 1 fully saturated rings. The Kier molecular flexibility index (Phi) is 9.15. The van der Waals surface area contributed by atoms with Crippen LogP contribution in [0.1, 0.15) is 45.6 Å². The molecule has 0 radical (unpaired) electrons. The van der Waals surface area contributed by atoms with Gasteiger partial charge >= 0.3 is 5.97 Å². The summed E-state index contributed by atoms with van der Waals surface area (Å²) in [5.74, 6) is 0.600. The van der Waals surface area contributed by atoms with E-state index < -0.39 is 6.04 Å². The molecule has 2 atom stereocenters. The van der Waals surface area contributed by atoms with Crippen molar-refractivity contribution in [3.05, 3.63) is 35.9 Å². The lowest BCUT2D eigenvalue weighted by Gasteiger charge is -2.29. The number of hydrogen-bond donors (Lipinski definition) is 0. The maximum atomic E-state index is 12.9. The molecule has 0 bridgehead atoms. The molecule has 6 heteroatoms. The van der Waals surface area contributed by atoms with Crippen LogP contribution in [0.3, 0.4) is 0 Å². The van der Waals surface area contributed by atoms with E-state index in [0.717, 1.165) is 24.8 Å². The average Bonchev–Trinajstić information content (AvgIpc) is 3.05. The number of rotatable bonds is 10. The van der Waals surface area contributed by atoms with Gasteiger partial charge in [0.15, 0.2) is 0 Å². The van der Waals surface area contributed by atoms with Gasteiger partial charge in [0.2, 0.25) is 5.91 Å². The Hall–Kier alpha value is -1.53. The molecule has 1 aromatic rings. The lowest BCUT2D eigenvalue weighted by Crippen LogP contribution is -2.48. The number of unbranched alkanes of at least 4 members (excludes halogenated alkanes) is 1. The monoisotopic (exact) mass is 393 g/mol. The highest BCUT2D eigenvalue weighted by Crippen LogP contribution is 2.34. The third-order valence-corrected chi connectivity index (χ3v) is 5.72. The molecule has 2 unspecified atom stereocenters. The summed E-state index contributed by atoms with van der Waals surface area (Å²) in [7, 11) is 0. The van der Waals surface area contributed by atoms with Gasteiger partial charge in [-0.3, -0.25) is 4.79 Å². The largest absolute Gasteiger partial charge is 0.464 e. The fraction of sp³-hybridized carbons (Fsp3) is 0.619. The van der Waals surface area contributed by atoms with E-state index >= 15 is 0 Å². The predicted molar refractivity (Wildman–Crippen MR) is 108 cm³/mol. The van der Waals surface area contributed by atoms with Crippen molar-refractivity contribution < 1.29 is 19.1 Å². The van der Waals surface area contributed by atoms with Gasteiger partial charge < -0.3 is 14.4 Å². The first kappa shape index (κ1) is 21.8. The summed E-state index contributed by atoms with van der Waals surface area (Å²) in [5.41, 5.74) is 1.02. The molecule has 0 N–H and O–H groups in total. The van der Waals surface area contributed by atoms with Crippen molar-refractivity contribution in [2.24, 2.45) is 5.92 Å². The number of amides is 1. The number of benzene rings is 1. The van der Waals surface area contributed by atoms with E-state index in [4.69, 9.17) is 9.47 Å². The molecule has 1 heterocycles. The smallest absolute Gasteiger partial charge is 0.329 e. The van der Waals surface area contributed by atoms with Crippen molar-refractivity contribution in [2.75, 3.05) is 19.0 Å². The number of hydrogen-bond acceptors (Lipinski definition) is 5. The first-order chi connectivity index (χ1) is 13.0. The summed E-state index contributed by atoms with van der Waals surface area (Å²) in [5, 5.41) is 0.00144. The number of thioether (sulfide) groups is 1. The van der Waals surface area contributed by atoms with Crippen LogP contribution in [0.5, 0.6) is 0 Å². The summed E-state index contributed by atoms with van der Waals surface area (Å²) in [6.07, 6.45) is 2.67. The Morgan fingerprint density at radius 3 is 2.67 bits per heavy atom. The van der Waals surface area contributed by atoms with Crippen molar-refractivity contribution >= 4 is 23.6 Å². The summed E-state index contributed by atoms with van der Waals surface area (Å²) in [6.45, 7) is 7.08. The number of carbonyl (C=O) groups excluding carboxylic acids is 2. The SMILES string of the molecule is CCCCOC(=O)C1CSC(CC(C)C)N1C(=O)COCc1ccccc1. The zero-order valence-corrected chi connectivity index (χ0v) is 17.4. The first-order valence-corrected chi connectivity index (χ1v) is 10.8. The van der Waals surface area contributed by atoms with Gasteiger partial charge in [-0.15, -0.1) is 11.8 Å². The highest BCUT2D eigenvalue weighted by atomic mass is 32.2. The maximum absolute atomic E-state index is 12.9. The van der Waals surface area contributed by atoms with Gasteiger partial charge in [0.25, 0.3) is 0 Å². The van der Waals surface area contributed by atoms with Gasteiger partial charge in [-0.25, -0.2) is 4.79 Å². The second-order valence-corrected chi connectivity index (χ2v) is 8.44. The second-order valence-electron chi connectivity index (χ2n) is 7.23. The number of ether oxygens (including phenoxy) is 2. The number of nitrogens with zero attached hydrogens (tertiary/aromatic N) is 1. The van der Waals surface area contributed by atoms with Gasteiger partial charge in [-0.2, -0.15) is 0 Å². The minimum Gasteiger partial charge on any atom is -0.464 e. The first-order valence-electron chi connectivity index (χ1n) is 9.74. The third-order valence-electron chi connectivity index (χ3n) is 4.40. The van der Waals surface area contributed by atoms with Crippen LogP contribution in [0.4, 0.5) is 0 Å². The Morgan fingerprint density at radius 2 is 2.00 bits per heavy atom. The van der Waals surface area contributed by atoms with Crippen LogP contribution in [-0.2, 0) is 25.7 Å². The molecule has 150 valence electrons. The van der Waals surface area contributed by atoms with Crippen molar-refractivity contribution in [2.45, 2.75) is 58.1 Å². The third kappa shape index (κ3) is 6.85. The Morgan fingerprint density at radius 1 is 1.26 bits per heavy atom. The van der Waals surface area contributed by atoms with Crippen LogP contribution >= 0.6 is 11.8 Å². The van der Waals surface area contributed by atoms with Gasteiger partial charge in [0.1, 0.15) is 12.6 Å². The van der Waals surface area contributed by atoms with E-state index in [1.54, 1.807) is 16.7 Å². The summed E-state index contributed by atoms with van der Waals surface area (Å²) >= 11 is 1.66. The van der Waals surface area contributed by atoms with E-state index in [1.807, 2.05) is 30.3 Å². The lowest BCUT2D eigenvalue weighted by atomic mass is 10.1. The Balaban J connectivity index is 1.96. The molecular formula is C21H31NO4S. The van der Waals surface area contributed by atoms with E-state index in [2.05, 4.69) is 20.8 Å². The van der Waals surface area contributed by atoms with Gasteiger partial charge in [-0.05, 0) is 24.3 Å². The van der Waals surface area contributed by atoms with Gasteiger partial charge in [-0.1, -0.05) is 57.5 Å². The zero-order valence-electron chi connectivity index (χ0n) is 16.6. The molecule has 0 spiro atoms. The van der Waals surface area contributed by atoms with Crippen molar-refractivity contribution in [3.8, 4) is 0 Å². The molecule has 0 aromatic heterocycles. The van der Waals surface area contributed by atoms with E-state index in [1.165, 1.54) is 0 Å². The second kappa shape index (κ2) is 11.3. The van der Waals surface area contributed by atoms with Crippen LogP contribution in [0.15, 0.2) is 30.3 Å². The van der Waals surface area contributed by atoms with Crippen molar-refractivity contribution in [1.29, 1.82) is 0 Å². The zero-order chi connectivity index (χ0) is 19.6. The van der Waals surface area contributed by atoms with Crippen LogP contribution in [0.2, 0.25) is 0 Å². The number of carbonyl (C=O) groups is 2. The minimum atomic E-state index is -0.511.